The van der Waals surface area contributed by atoms with Gasteiger partial charge in [-0.3, -0.25) is 0 Å². The van der Waals surface area contributed by atoms with Gasteiger partial charge in [0.1, 0.15) is 0 Å². The van der Waals surface area contributed by atoms with Crippen LogP contribution in [0.2, 0.25) is 0 Å². The third kappa shape index (κ3) is 5.01. The van der Waals surface area contributed by atoms with Crippen LogP contribution in [-0.4, -0.2) is 3.21 Å². The Morgan fingerprint density at radius 3 is 1.39 bits per heavy atom. The minimum atomic E-state index is -1.89. The van der Waals surface area contributed by atoms with Crippen LogP contribution in [0.5, 0.6) is 0 Å². The topological polar surface area (TPSA) is 0 Å². The van der Waals surface area contributed by atoms with Crippen molar-refractivity contribution in [3.05, 3.63) is 103 Å². The zero-order chi connectivity index (χ0) is 17.9. The van der Waals surface area contributed by atoms with Crippen LogP contribution >= 0.6 is 0 Å². The van der Waals surface area contributed by atoms with Gasteiger partial charge in [0, 0.05) is 0 Å². The molecule has 0 amide bonds. The molecule has 0 unspecified atom stereocenters. The normalized spacial score (nSPS) is 14.5. The molecule has 0 saturated carbocycles. The average Bonchev–Trinajstić information content (AvgIpc) is 3.34. The molecule has 4 rings (SSSR count). The molecule has 2 aliphatic carbocycles. The first kappa shape index (κ1) is 23.0. The van der Waals surface area contributed by atoms with Crippen molar-refractivity contribution in [3.8, 4) is 0 Å². The molecule has 2 aromatic carbocycles. The Kier molecular flexibility index (Phi) is 8.63. The van der Waals surface area contributed by atoms with Crippen molar-refractivity contribution in [1.82, 2.24) is 0 Å². The van der Waals surface area contributed by atoms with E-state index in [2.05, 4.69) is 98.8 Å². The first-order chi connectivity index (χ1) is 12.7. The second kappa shape index (κ2) is 10.5. The molecule has 0 saturated heterocycles. The monoisotopic (exact) mass is 484 g/mol. The standard InChI is InChI=1S/2C11H9.C3H6.2ClH.Zr/c2*1-2-6-10(7-3-1)11-8-4-5-9-11;1-3-2;;;/h2*1-3,6-9H,4H2;1-2H3;2*1H;/q;;;;;+2/p-2. The maximum Gasteiger partial charge on any atom is -1.00 e. The van der Waals surface area contributed by atoms with Gasteiger partial charge >= 0.3 is 165 Å². The summed E-state index contributed by atoms with van der Waals surface area (Å²) in [6.07, 6.45) is 12.1. The summed E-state index contributed by atoms with van der Waals surface area (Å²) >= 11 is -1.89. The van der Waals surface area contributed by atoms with Crippen LogP contribution in [0.25, 0.3) is 11.1 Å². The van der Waals surface area contributed by atoms with E-state index in [9.17, 15) is 0 Å². The summed E-state index contributed by atoms with van der Waals surface area (Å²) < 4.78 is 5.12. The van der Waals surface area contributed by atoms with Crippen molar-refractivity contribution < 1.29 is 46.1 Å². The summed E-state index contributed by atoms with van der Waals surface area (Å²) in [5.41, 5.74) is 5.52. The molecule has 0 bridgehead atoms. The number of halogens is 2. The second-order valence-electron chi connectivity index (χ2n) is 7.17. The zero-order valence-electron chi connectivity index (χ0n) is 16.3. The second-order valence-corrected chi connectivity index (χ2v) is 14.6. The van der Waals surface area contributed by atoms with E-state index in [0.717, 1.165) is 12.8 Å². The summed E-state index contributed by atoms with van der Waals surface area (Å²) in [5.74, 6) is 0. The van der Waals surface area contributed by atoms with Crippen LogP contribution < -0.4 is 24.8 Å². The molecule has 142 valence electrons. The predicted octanol–water partition coefficient (Wildman–Crippen LogP) is 0.567. The Bertz CT molecular complexity index is 898. The SMILES string of the molecule is C[C](C)=[Zr+2]([C]1=CC(c2ccccc2)=CC1)[C]1=CC(c2ccccc2)=CC1.[Cl-].[Cl-]. The maximum atomic E-state index is 2.50. The van der Waals surface area contributed by atoms with Crippen molar-refractivity contribution in [3.63, 3.8) is 0 Å². The number of allylic oxidation sites excluding steroid dienone is 8. The van der Waals surface area contributed by atoms with E-state index in [1.54, 1.807) is 9.77 Å². The van der Waals surface area contributed by atoms with Crippen LogP contribution in [0.3, 0.4) is 0 Å². The fourth-order valence-corrected chi connectivity index (χ4v) is 11.1. The van der Waals surface area contributed by atoms with E-state index < -0.39 is 21.3 Å². The van der Waals surface area contributed by atoms with Gasteiger partial charge in [0.25, 0.3) is 0 Å². The van der Waals surface area contributed by atoms with Gasteiger partial charge in [-0.05, 0) is 0 Å². The summed E-state index contributed by atoms with van der Waals surface area (Å²) in [7, 11) is 0. The van der Waals surface area contributed by atoms with E-state index in [1.807, 2.05) is 0 Å². The van der Waals surface area contributed by atoms with Gasteiger partial charge in [0.2, 0.25) is 0 Å². The Morgan fingerprint density at radius 1 is 0.643 bits per heavy atom. The third-order valence-corrected chi connectivity index (χ3v) is 12.4. The summed E-state index contributed by atoms with van der Waals surface area (Å²) in [4.78, 5) is 0. The molecular formula is C25H24Cl2Zr. The first-order valence-electron chi connectivity index (χ1n) is 9.33. The molecule has 28 heavy (non-hydrogen) atoms. The van der Waals surface area contributed by atoms with Crippen LogP contribution in [-0.2, 0) is 21.3 Å². The van der Waals surface area contributed by atoms with Crippen molar-refractivity contribution in [2.45, 2.75) is 26.7 Å². The van der Waals surface area contributed by atoms with Crippen LogP contribution in [0.15, 0.2) is 91.5 Å². The van der Waals surface area contributed by atoms with Gasteiger partial charge in [0.05, 0.1) is 0 Å². The molecule has 0 spiro atoms. The molecule has 0 aliphatic heterocycles. The third-order valence-electron chi connectivity index (χ3n) is 5.10. The van der Waals surface area contributed by atoms with Crippen molar-refractivity contribution >= 4 is 14.4 Å². The van der Waals surface area contributed by atoms with E-state index >= 15 is 0 Å². The van der Waals surface area contributed by atoms with Crippen molar-refractivity contribution in [1.29, 1.82) is 0 Å². The molecule has 0 nitrogen and oxygen atoms in total. The van der Waals surface area contributed by atoms with Crippen LogP contribution in [0.1, 0.15) is 37.8 Å². The number of hydrogen-bond acceptors (Lipinski definition) is 0. The molecule has 0 radical (unpaired) electrons. The van der Waals surface area contributed by atoms with Gasteiger partial charge in [-0.2, -0.15) is 0 Å². The Hall–Kier alpha value is -1.27. The van der Waals surface area contributed by atoms with Crippen LogP contribution in [0, 0.1) is 0 Å². The number of rotatable bonds is 4. The molecule has 0 heterocycles. The van der Waals surface area contributed by atoms with Crippen LogP contribution in [0.4, 0.5) is 0 Å². The van der Waals surface area contributed by atoms with Gasteiger partial charge in [-0.1, -0.05) is 0 Å². The molecule has 0 N–H and O–H groups in total. The van der Waals surface area contributed by atoms with E-state index in [0.29, 0.717) is 0 Å². The summed E-state index contributed by atoms with van der Waals surface area (Å²) in [6.45, 7) is 4.72. The Morgan fingerprint density at radius 2 is 1.04 bits per heavy atom. The van der Waals surface area contributed by atoms with Crippen molar-refractivity contribution in [2.24, 2.45) is 0 Å². The fraction of sp³-hybridized carbons (Fsp3) is 0.160. The summed E-state index contributed by atoms with van der Waals surface area (Å²) in [6, 6.07) is 21.6. The maximum absolute atomic E-state index is 2.50. The van der Waals surface area contributed by atoms with E-state index in [4.69, 9.17) is 0 Å². The largest absolute Gasteiger partial charge is 1.00 e. The molecule has 0 atom stereocenters. The summed E-state index contributed by atoms with van der Waals surface area (Å²) in [5, 5.41) is 0. The quantitative estimate of drug-likeness (QED) is 0.593. The average molecular weight is 487 g/mol. The van der Waals surface area contributed by atoms with Gasteiger partial charge in [-0.25, -0.2) is 0 Å². The smallest absolute Gasteiger partial charge is 1.00 e. The zero-order valence-corrected chi connectivity index (χ0v) is 20.2. The molecule has 2 aliphatic rings. The minimum Gasteiger partial charge on any atom is -1.00 e. The fourth-order valence-electron chi connectivity index (χ4n) is 3.91. The van der Waals surface area contributed by atoms with Crippen molar-refractivity contribution in [2.75, 3.05) is 0 Å². The van der Waals surface area contributed by atoms with Gasteiger partial charge < -0.3 is 24.8 Å². The minimum absolute atomic E-state index is 0. The number of hydrogen-bond donors (Lipinski definition) is 0. The predicted molar refractivity (Wildman–Crippen MR) is 111 cm³/mol. The Balaban J connectivity index is 0.00000140. The molecule has 0 aromatic heterocycles. The Labute approximate surface area is 188 Å². The first-order valence-corrected chi connectivity index (χ1v) is 13.0. The molecular weight excluding hydrogens is 462 g/mol. The van der Waals surface area contributed by atoms with Gasteiger partial charge in [0.15, 0.2) is 0 Å². The van der Waals surface area contributed by atoms with E-state index in [-0.39, 0.29) is 24.8 Å². The molecule has 0 fully saturated rings. The number of benzene rings is 2. The van der Waals surface area contributed by atoms with Gasteiger partial charge in [-0.15, -0.1) is 0 Å². The molecule has 2 aromatic rings. The van der Waals surface area contributed by atoms with E-state index in [1.165, 1.54) is 22.3 Å². The molecule has 3 heteroatoms.